The first kappa shape index (κ1) is 20.5. The summed E-state index contributed by atoms with van der Waals surface area (Å²) in [4.78, 5) is 14.0. The van der Waals surface area contributed by atoms with Crippen LogP contribution in [0.3, 0.4) is 0 Å². The van der Waals surface area contributed by atoms with E-state index in [9.17, 15) is 13.2 Å². The highest BCUT2D eigenvalue weighted by molar-refractivity contribution is 7.89. The van der Waals surface area contributed by atoms with Crippen molar-refractivity contribution in [1.82, 2.24) is 9.21 Å². The second kappa shape index (κ2) is 8.43. The van der Waals surface area contributed by atoms with Gasteiger partial charge >= 0.3 is 0 Å². The molecule has 0 radical (unpaired) electrons. The zero-order chi connectivity index (χ0) is 20.3. The smallest absolute Gasteiger partial charge is 0.243 e. The van der Waals surface area contributed by atoms with Crippen LogP contribution in [0.2, 0.25) is 0 Å². The van der Waals surface area contributed by atoms with Crippen LogP contribution in [0, 0.1) is 6.92 Å². The van der Waals surface area contributed by atoms with Crippen molar-refractivity contribution in [2.75, 3.05) is 33.3 Å². The van der Waals surface area contributed by atoms with Crippen molar-refractivity contribution >= 4 is 15.8 Å². The maximum atomic E-state index is 12.9. The molecule has 1 aliphatic heterocycles. The Bertz CT molecular complexity index is 964. The molecule has 28 heavy (non-hydrogen) atoms. The summed E-state index contributed by atoms with van der Waals surface area (Å²) in [5, 5.41) is 0. The second-order valence-electron chi connectivity index (χ2n) is 7.08. The van der Waals surface area contributed by atoms with E-state index in [2.05, 4.69) is 11.0 Å². The largest absolute Gasteiger partial charge is 0.496 e. The number of methoxy groups -OCH3 is 1. The molecule has 150 valence electrons. The van der Waals surface area contributed by atoms with E-state index in [1.807, 2.05) is 19.1 Å². The molecule has 1 aliphatic rings. The van der Waals surface area contributed by atoms with Gasteiger partial charge in [0.05, 0.1) is 12.0 Å². The first-order valence-corrected chi connectivity index (χ1v) is 10.7. The van der Waals surface area contributed by atoms with E-state index in [-0.39, 0.29) is 10.7 Å². The lowest BCUT2D eigenvalue weighted by Crippen LogP contribution is -2.48. The molecule has 6 nitrogen and oxygen atoms in total. The van der Waals surface area contributed by atoms with Crippen LogP contribution in [0.4, 0.5) is 0 Å². The number of nitrogens with zero attached hydrogens (tertiary/aromatic N) is 2. The van der Waals surface area contributed by atoms with Crippen LogP contribution in [0.1, 0.15) is 28.4 Å². The number of carbonyl (C=O) groups excluding carboxylic acids is 1. The number of ketones is 1. The summed E-state index contributed by atoms with van der Waals surface area (Å²) in [6.45, 7) is 6.32. The molecule has 3 rings (SSSR count). The molecule has 1 saturated heterocycles. The molecular formula is C21H26N2O4S. The molecule has 1 fully saturated rings. The van der Waals surface area contributed by atoms with Crippen molar-refractivity contribution in [2.24, 2.45) is 0 Å². The van der Waals surface area contributed by atoms with E-state index in [1.165, 1.54) is 22.9 Å². The lowest BCUT2D eigenvalue weighted by atomic mass is 10.1. The maximum Gasteiger partial charge on any atom is 0.243 e. The van der Waals surface area contributed by atoms with Gasteiger partial charge in [-0.3, -0.25) is 9.69 Å². The molecule has 0 unspecified atom stereocenters. The molecule has 0 atom stereocenters. The molecule has 1 heterocycles. The predicted octanol–water partition coefficient (Wildman–Crippen LogP) is 2.71. The Balaban J connectivity index is 1.69. The number of hydrogen-bond acceptors (Lipinski definition) is 5. The van der Waals surface area contributed by atoms with E-state index in [4.69, 9.17) is 4.74 Å². The first-order chi connectivity index (χ1) is 13.3. The molecule has 0 aliphatic carbocycles. The van der Waals surface area contributed by atoms with Gasteiger partial charge in [0.1, 0.15) is 5.75 Å². The van der Waals surface area contributed by atoms with E-state index < -0.39 is 10.0 Å². The van der Waals surface area contributed by atoms with Gasteiger partial charge in [-0.2, -0.15) is 4.31 Å². The molecule has 0 aromatic heterocycles. The topological polar surface area (TPSA) is 66.9 Å². The Hall–Kier alpha value is -2.22. The first-order valence-electron chi connectivity index (χ1n) is 9.28. The van der Waals surface area contributed by atoms with Crippen molar-refractivity contribution in [3.63, 3.8) is 0 Å². The summed E-state index contributed by atoms with van der Waals surface area (Å²) < 4.78 is 32.8. The van der Waals surface area contributed by atoms with Gasteiger partial charge in [0.2, 0.25) is 10.0 Å². The molecule has 0 spiro atoms. The van der Waals surface area contributed by atoms with E-state index in [1.54, 1.807) is 25.3 Å². The number of aryl methyl sites for hydroxylation is 1. The standard InChI is InChI=1S/C21H26N2O4S/c1-16-7-8-21(27-3)19(13-16)15-22-9-11-23(12-10-22)28(25,26)20-6-4-5-18(14-20)17(2)24/h4-8,13-14H,9-12,15H2,1-3H3. The predicted molar refractivity (Wildman–Crippen MR) is 108 cm³/mol. The van der Waals surface area contributed by atoms with Crippen molar-refractivity contribution in [3.05, 3.63) is 59.2 Å². The van der Waals surface area contributed by atoms with E-state index in [0.717, 1.165) is 17.9 Å². The normalized spacial score (nSPS) is 16.1. The summed E-state index contributed by atoms with van der Waals surface area (Å²) >= 11 is 0. The van der Waals surface area contributed by atoms with E-state index in [0.29, 0.717) is 31.7 Å². The van der Waals surface area contributed by atoms with Crippen LogP contribution >= 0.6 is 0 Å². The van der Waals surface area contributed by atoms with Crippen molar-refractivity contribution in [3.8, 4) is 5.75 Å². The fourth-order valence-electron chi connectivity index (χ4n) is 3.42. The monoisotopic (exact) mass is 402 g/mol. The zero-order valence-electron chi connectivity index (χ0n) is 16.5. The number of Topliss-reactive ketones (excluding diaryl/α,β-unsaturated/α-hetero) is 1. The number of carbonyl (C=O) groups is 1. The summed E-state index contributed by atoms with van der Waals surface area (Å²) in [5.41, 5.74) is 2.68. The number of rotatable bonds is 6. The minimum atomic E-state index is -3.60. The summed E-state index contributed by atoms with van der Waals surface area (Å²) in [7, 11) is -1.94. The second-order valence-corrected chi connectivity index (χ2v) is 9.02. The van der Waals surface area contributed by atoms with Crippen LogP contribution in [-0.4, -0.2) is 56.7 Å². The molecule has 0 amide bonds. The molecule has 0 saturated carbocycles. The van der Waals surface area contributed by atoms with Gasteiger partial charge in [-0.15, -0.1) is 0 Å². The number of ether oxygens (including phenoxy) is 1. The molecule has 2 aromatic carbocycles. The fraction of sp³-hybridized carbons (Fsp3) is 0.381. The Kier molecular flexibility index (Phi) is 6.17. The van der Waals surface area contributed by atoms with Gasteiger partial charge in [-0.05, 0) is 32.0 Å². The van der Waals surface area contributed by atoms with Crippen LogP contribution < -0.4 is 4.74 Å². The van der Waals surface area contributed by atoms with Gasteiger partial charge < -0.3 is 4.74 Å². The van der Waals surface area contributed by atoms with Crippen LogP contribution in [0.5, 0.6) is 5.75 Å². The lowest BCUT2D eigenvalue weighted by Gasteiger charge is -2.34. The lowest BCUT2D eigenvalue weighted by molar-refractivity contribution is 0.101. The minimum absolute atomic E-state index is 0.144. The summed E-state index contributed by atoms with van der Waals surface area (Å²) in [6.07, 6.45) is 0. The van der Waals surface area contributed by atoms with Crippen molar-refractivity contribution < 1.29 is 17.9 Å². The van der Waals surface area contributed by atoms with Gasteiger partial charge in [-0.1, -0.05) is 29.8 Å². The Morgan fingerprint density at radius 3 is 2.43 bits per heavy atom. The molecule has 0 bridgehead atoms. The van der Waals surface area contributed by atoms with Gasteiger partial charge in [0, 0.05) is 43.9 Å². The molecule has 2 aromatic rings. The highest BCUT2D eigenvalue weighted by Crippen LogP contribution is 2.23. The summed E-state index contributed by atoms with van der Waals surface area (Å²) in [5.74, 6) is 0.704. The number of piperazine rings is 1. The van der Waals surface area contributed by atoms with Crippen LogP contribution in [0.25, 0.3) is 0 Å². The maximum absolute atomic E-state index is 12.9. The fourth-order valence-corrected chi connectivity index (χ4v) is 4.89. The van der Waals surface area contributed by atoms with Gasteiger partial charge in [0.15, 0.2) is 5.78 Å². The third-order valence-electron chi connectivity index (χ3n) is 5.04. The SMILES string of the molecule is COc1ccc(C)cc1CN1CCN(S(=O)(=O)c2cccc(C(C)=O)c2)CC1. The van der Waals surface area contributed by atoms with E-state index >= 15 is 0 Å². The summed E-state index contributed by atoms with van der Waals surface area (Å²) in [6, 6.07) is 12.3. The Morgan fingerprint density at radius 1 is 1.07 bits per heavy atom. The minimum Gasteiger partial charge on any atom is -0.496 e. The van der Waals surface area contributed by atoms with Crippen molar-refractivity contribution in [2.45, 2.75) is 25.3 Å². The van der Waals surface area contributed by atoms with Gasteiger partial charge in [0.25, 0.3) is 0 Å². The Labute approximate surface area is 166 Å². The highest BCUT2D eigenvalue weighted by atomic mass is 32.2. The highest BCUT2D eigenvalue weighted by Gasteiger charge is 2.29. The third kappa shape index (κ3) is 4.43. The van der Waals surface area contributed by atoms with Crippen molar-refractivity contribution in [1.29, 1.82) is 0 Å². The zero-order valence-corrected chi connectivity index (χ0v) is 17.3. The number of sulfonamides is 1. The molecule has 7 heteroatoms. The average Bonchev–Trinajstić information content (AvgIpc) is 2.69. The molecular weight excluding hydrogens is 376 g/mol. The quantitative estimate of drug-likeness (QED) is 0.695. The number of benzene rings is 2. The van der Waals surface area contributed by atoms with Crippen LogP contribution in [-0.2, 0) is 16.6 Å². The average molecular weight is 403 g/mol. The third-order valence-corrected chi connectivity index (χ3v) is 6.93. The Morgan fingerprint density at radius 2 is 1.79 bits per heavy atom. The number of hydrogen-bond donors (Lipinski definition) is 0. The molecule has 0 N–H and O–H groups in total. The van der Waals surface area contributed by atoms with Gasteiger partial charge in [-0.25, -0.2) is 8.42 Å². The van der Waals surface area contributed by atoms with Crippen LogP contribution in [0.15, 0.2) is 47.4 Å².